The summed E-state index contributed by atoms with van der Waals surface area (Å²) in [6, 6.07) is 5.15. The number of carbonyl (C=O) groups is 2. The van der Waals surface area contributed by atoms with Gasteiger partial charge in [-0.25, -0.2) is 0 Å². The molecule has 3 rings (SSSR count). The summed E-state index contributed by atoms with van der Waals surface area (Å²) < 4.78 is 7.63. The quantitative estimate of drug-likeness (QED) is 0.544. The molecule has 0 bridgehead atoms. The third kappa shape index (κ3) is 3.93. The molecule has 0 aromatic carbocycles. The predicted molar refractivity (Wildman–Crippen MR) is 95.5 cm³/mol. The second-order valence-electron chi connectivity index (χ2n) is 5.67. The van der Waals surface area contributed by atoms with Crippen LogP contribution in [-0.4, -0.2) is 39.7 Å². The fraction of sp³-hybridized carbons (Fsp3) is 0.312. The van der Waals surface area contributed by atoms with Gasteiger partial charge in [-0.1, -0.05) is 0 Å². The van der Waals surface area contributed by atoms with Crippen LogP contribution in [0.4, 0.5) is 0 Å². The number of nitrogens with zero attached hydrogens (tertiary/aromatic N) is 2. The Morgan fingerprint density at radius 2 is 1.96 bits per heavy atom. The number of H-pyrrole nitrogens is 1. The van der Waals surface area contributed by atoms with E-state index in [9.17, 15) is 9.59 Å². The van der Waals surface area contributed by atoms with Crippen LogP contribution in [0.15, 0.2) is 27.3 Å². The zero-order valence-corrected chi connectivity index (χ0v) is 15.4. The van der Waals surface area contributed by atoms with Gasteiger partial charge in [-0.05, 0) is 35.3 Å². The van der Waals surface area contributed by atoms with Gasteiger partial charge in [-0.3, -0.25) is 14.3 Å². The van der Waals surface area contributed by atoms with Crippen LogP contribution < -0.4 is 10.6 Å². The van der Waals surface area contributed by atoms with Crippen LogP contribution in [0.1, 0.15) is 33.1 Å². The molecule has 0 saturated carbocycles. The highest BCUT2D eigenvalue weighted by Gasteiger charge is 2.13. The Hall–Kier alpha value is -2.55. The summed E-state index contributed by atoms with van der Waals surface area (Å²) in [4.78, 5) is 27.0. The van der Waals surface area contributed by atoms with Gasteiger partial charge in [-0.15, -0.1) is 0 Å². The highest BCUT2D eigenvalue weighted by atomic mass is 79.9. The largest absolute Gasteiger partial charge is 0.448 e. The molecule has 0 unspecified atom stereocenters. The lowest BCUT2D eigenvalue weighted by Gasteiger charge is -2.05. The molecular formula is C16H18BrN5O3. The molecule has 3 N–H and O–H groups in total. The van der Waals surface area contributed by atoms with E-state index >= 15 is 0 Å². The smallest absolute Gasteiger partial charge is 0.271 e. The van der Waals surface area contributed by atoms with Crippen LogP contribution in [0.3, 0.4) is 0 Å². The molecule has 0 aliphatic carbocycles. The molecule has 0 fully saturated rings. The van der Waals surface area contributed by atoms with Crippen molar-refractivity contribution in [1.29, 1.82) is 0 Å². The first-order chi connectivity index (χ1) is 11.9. The number of aromatic amines is 1. The maximum Gasteiger partial charge on any atom is 0.271 e. The van der Waals surface area contributed by atoms with E-state index < -0.39 is 0 Å². The molecule has 0 aliphatic rings. The molecule has 25 heavy (non-hydrogen) atoms. The Morgan fingerprint density at radius 1 is 1.24 bits per heavy atom. The third-order valence-corrected chi connectivity index (χ3v) is 4.18. The number of aryl methyl sites for hydroxylation is 2. The molecule has 0 saturated heterocycles. The van der Waals surface area contributed by atoms with E-state index in [2.05, 4.69) is 36.6 Å². The molecule has 0 aliphatic heterocycles. The van der Waals surface area contributed by atoms with E-state index in [4.69, 9.17) is 4.42 Å². The maximum atomic E-state index is 12.1. The van der Waals surface area contributed by atoms with Gasteiger partial charge >= 0.3 is 0 Å². The van der Waals surface area contributed by atoms with Crippen molar-refractivity contribution in [3.05, 3.63) is 40.0 Å². The van der Waals surface area contributed by atoms with Crippen LogP contribution in [0.25, 0.3) is 11.1 Å². The van der Waals surface area contributed by atoms with E-state index in [1.165, 1.54) is 0 Å². The minimum absolute atomic E-state index is 0.214. The lowest BCUT2D eigenvalue weighted by atomic mass is 10.3. The van der Waals surface area contributed by atoms with Crippen molar-refractivity contribution in [2.24, 2.45) is 7.05 Å². The number of rotatable bonds is 6. The third-order valence-electron chi connectivity index (χ3n) is 3.79. The fourth-order valence-electron chi connectivity index (χ4n) is 2.36. The number of halogens is 1. The Kier molecular flexibility index (Phi) is 4.93. The molecule has 9 heteroatoms. The zero-order valence-electron chi connectivity index (χ0n) is 13.9. The summed E-state index contributed by atoms with van der Waals surface area (Å²) >= 11 is 3.23. The summed E-state index contributed by atoms with van der Waals surface area (Å²) in [5.74, 6) is -0.431. The first-order valence-electron chi connectivity index (χ1n) is 7.79. The lowest BCUT2D eigenvalue weighted by molar-refractivity contribution is 0.0946. The number of aromatic nitrogens is 3. The second-order valence-corrected chi connectivity index (χ2v) is 6.45. The van der Waals surface area contributed by atoms with Gasteiger partial charge in [0.25, 0.3) is 11.8 Å². The Labute approximate surface area is 152 Å². The SMILES string of the molecule is Cc1cc(C(=O)NCCCNC(=O)c2cc3oc(Br)cc3[nH]2)nn1C. The van der Waals surface area contributed by atoms with E-state index in [1.807, 2.05) is 6.92 Å². The van der Waals surface area contributed by atoms with Crippen molar-refractivity contribution in [3.8, 4) is 0 Å². The van der Waals surface area contributed by atoms with Gasteiger partial charge in [0, 0.05) is 38.0 Å². The second kappa shape index (κ2) is 7.14. The van der Waals surface area contributed by atoms with Crippen LogP contribution in [0.2, 0.25) is 0 Å². The normalized spacial score (nSPS) is 11.0. The van der Waals surface area contributed by atoms with Crippen molar-refractivity contribution < 1.29 is 14.0 Å². The number of nitrogens with one attached hydrogen (secondary N) is 3. The monoisotopic (exact) mass is 407 g/mol. The number of furan rings is 1. The number of carbonyl (C=O) groups excluding carboxylic acids is 2. The average molecular weight is 408 g/mol. The molecule has 3 aromatic rings. The summed E-state index contributed by atoms with van der Waals surface area (Å²) in [5.41, 5.74) is 3.13. The standard InChI is InChI=1S/C16H18BrN5O3/c1-9-6-12(21-22(9)2)16(24)19-5-3-4-18-15(23)11-7-13-10(20-11)8-14(17)25-13/h6-8,20H,3-5H2,1-2H3,(H,18,23)(H,19,24). The minimum atomic E-state index is -0.217. The van der Waals surface area contributed by atoms with Crippen LogP contribution in [0, 0.1) is 6.92 Å². The van der Waals surface area contributed by atoms with Crippen LogP contribution in [0.5, 0.6) is 0 Å². The summed E-state index contributed by atoms with van der Waals surface area (Å²) in [6.45, 7) is 2.79. The number of hydrogen-bond acceptors (Lipinski definition) is 4. The number of amides is 2. The average Bonchev–Trinajstić information content (AvgIpc) is 3.20. The zero-order chi connectivity index (χ0) is 18.0. The summed E-state index contributed by atoms with van der Waals surface area (Å²) in [7, 11) is 1.79. The van der Waals surface area contributed by atoms with Gasteiger partial charge < -0.3 is 20.0 Å². The van der Waals surface area contributed by atoms with Crippen molar-refractivity contribution >= 4 is 38.8 Å². The highest BCUT2D eigenvalue weighted by Crippen LogP contribution is 2.23. The molecule has 2 amide bonds. The molecule has 0 radical (unpaired) electrons. The molecule has 0 spiro atoms. The Bertz CT molecular complexity index is 873. The fourth-order valence-corrected chi connectivity index (χ4v) is 2.77. The molecule has 132 valence electrons. The molecule has 8 nitrogen and oxygen atoms in total. The minimum Gasteiger partial charge on any atom is -0.448 e. The molecule has 3 aromatic heterocycles. The van der Waals surface area contributed by atoms with E-state index in [1.54, 1.807) is 29.9 Å². The summed E-state index contributed by atoms with van der Waals surface area (Å²) in [6.07, 6.45) is 0.617. The number of hydrogen-bond donors (Lipinski definition) is 3. The Morgan fingerprint density at radius 3 is 2.60 bits per heavy atom. The van der Waals surface area contributed by atoms with Crippen molar-refractivity contribution in [2.45, 2.75) is 13.3 Å². The van der Waals surface area contributed by atoms with Gasteiger partial charge in [0.2, 0.25) is 0 Å². The predicted octanol–water partition coefficient (Wildman–Crippen LogP) is 2.12. The van der Waals surface area contributed by atoms with Gasteiger partial charge in [0.15, 0.2) is 10.3 Å². The molecule has 0 atom stereocenters. The van der Waals surface area contributed by atoms with E-state index in [-0.39, 0.29) is 11.8 Å². The number of fused-ring (bicyclic) bond motifs is 1. The highest BCUT2D eigenvalue weighted by molar-refractivity contribution is 9.10. The summed E-state index contributed by atoms with van der Waals surface area (Å²) in [5, 5.41) is 9.70. The topological polar surface area (TPSA) is 105 Å². The maximum absolute atomic E-state index is 12.1. The van der Waals surface area contributed by atoms with E-state index in [0.717, 1.165) is 11.2 Å². The van der Waals surface area contributed by atoms with Gasteiger partial charge in [-0.2, -0.15) is 5.10 Å². The van der Waals surface area contributed by atoms with E-state index in [0.29, 0.717) is 41.2 Å². The van der Waals surface area contributed by atoms with Gasteiger partial charge in [0.1, 0.15) is 11.4 Å². The van der Waals surface area contributed by atoms with Crippen molar-refractivity contribution in [3.63, 3.8) is 0 Å². The van der Waals surface area contributed by atoms with Crippen molar-refractivity contribution in [2.75, 3.05) is 13.1 Å². The van der Waals surface area contributed by atoms with Crippen molar-refractivity contribution in [1.82, 2.24) is 25.4 Å². The molecular weight excluding hydrogens is 390 g/mol. The van der Waals surface area contributed by atoms with Crippen LogP contribution in [-0.2, 0) is 7.05 Å². The van der Waals surface area contributed by atoms with Gasteiger partial charge in [0.05, 0.1) is 5.52 Å². The first-order valence-corrected chi connectivity index (χ1v) is 8.58. The Balaban J connectivity index is 1.41. The molecule has 3 heterocycles. The van der Waals surface area contributed by atoms with Crippen LogP contribution >= 0.6 is 15.9 Å². The first kappa shape index (κ1) is 17.3. The lowest BCUT2D eigenvalue weighted by Crippen LogP contribution is -2.30.